The summed E-state index contributed by atoms with van der Waals surface area (Å²) in [6.45, 7) is 4.89. The zero-order valence-corrected chi connectivity index (χ0v) is 29.7. The number of carbonyl (C=O) groups excluding carboxylic acids is 2. The highest BCUT2D eigenvalue weighted by molar-refractivity contribution is 5.83. The third-order valence-corrected chi connectivity index (χ3v) is 8.92. The first-order chi connectivity index (χ1) is 21.9. The van der Waals surface area contributed by atoms with Crippen molar-refractivity contribution in [3.63, 3.8) is 0 Å². The fourth-order valence-corrected chi connectivity index (χ4v) is 5.98. The second-order valence-corrected chi connectivity index (χ2v) is 13.4. The van der Waals surface area contributed by atoms with E-state index in [-0.39, 0.29) is 18.0 Å². The van der Waals surface area contributed by atoms with E-state index in [0.29, 0.717) is 32.2 Å². The molecule has 1 amide bonds. The minimum absolute atomic E-state index is 0.00224. The van der Waals surface area contributed by atoms with Crippen LogP contribution in [0.25, 0.3) is 0 Å². The van der Waals surface area contributed by atoms with E-state index in [2.05, 4.69) is 19.2 Å². The molecule has 0 saturated carbocycles. The van der Waals surface area contributed by atoms with Gasteiger partial charge in [-0.3, -0.25) is 9.59 Å². The molecule has 0 aromatic heterocycles. The Kier molecular flexibility index (Phi) is 32.5. The van der Waals surface area contributed by atoms with E-state index in [1.54, 1.807) is 0 Å². The van der Waals surface area contributed by atoms with E-state index in [0.717, 1.165) is 57.8 Å². The van der Waals surface area contributed by atoms with Gasteiger partial charge < -0.3 is 20.9 Å². The van der Waals surface area contributed by atoms with Crippen molar-refractivity contribution in [2.45, 2.75) is 219 Å². The molecule has 0 aromatic carbocycles. The molecule has 0 aliphatic heterocycles. The molecule has 2 atom stereocenters. The number of unbranched alkanes of at least 4 members (excludes halogenated alkanes) is 21. The van der Waals surface area contributed by atoms with Crippen LogP contribution in [0.4, 0.5) is 0 Å². The van der Waals surface area contributed by atoms with E-state index >= 15 is 0 Å². The molecule has 0 heterocycles. The van der Waals surface area contributed by atoms with Gasteiger partial charge in [-0.05, 0) is 57.9 Å². The van der Waals surface area contributed by atoms with Gasteiger partial charge in [0.1, 0.15) is 12.1 Å². The van der Waals surface area contributed by atoms with Gasteiger partial charge in [-0.15, -0.1) is 0 Å². The Labute approximate surface area is 278 Å². The lowest BCUT2D eigenvalue weighted by molar-refractivity contribution is -0.150. The lowest BCUT2D eigenvalue weighted by Crippen LogP contribution is -2.40. The van der Waals surface area contributed by atoms with Crippen molar-refractivity contribution < 1.29 is 24.2 Å². The zero-order valence-electron chi connectivity index (χ0n) is 29.7. The predicted octanol–water partition coefficient (Wildman–Crippen LogP) is 10.2. The number of ether oxygens (including phenoxy) is 1. The highest BCUT2D eigenvalue weighted by Crippen LogP contribution is 2.18. The molecule has 0 radical (unpaired) electrons. The van der Waals surface area contributed by atoms with Crippen LogP contribution >= 0.6 is 0 Å². The summed E-state index contributed by atoms with van der Waals surface area (Å²) in [6, 6.07) is -0.858. The molecular formula is C38H74N2O5. The molecule has 0 bridgehead atoms. The molecule has 7 heteroatoms. The fourth-order valence-electron chi connectivity index (χ4n) is 5.98. The summed E-state index contributed by atoms with van der Waals surface area (Å²) in [5.41, 5.74) is 5.46. The number of nitrogens with one attached hydrogen (secondary N) is 1. The van der Waals surface area contributed by atoms with Crippen LogP contribution in [0.2, 0.25) is 0 Å². The molecule has 0 aliphatic carbocycles. The van der Waals surface area contributed by atoms with Gasteiger partial charge in [0.25, 0.3) is 0 Å². The average Bonchev–Trinajstić information content (AvgIpc) is 3.02. The van der Waals surface area contributed by atoms with Gasteiger partial charge in [0.2, 0.25) is 5.91 Å². The molecule has 45 heavy (non-hydrogen) atoms. The smallest absolute Gasteiger partial charge is 0.326 e. The van der Waals surface area contributed by atoms with Crippen LogP contribution in [0.1, 0.15) is 206 Å². The maximum absolute atomic E-state index is 12.6. The Morgan fingerprint density at radius 3 is 1.40 bits per heavy atom. The summed E-state index contributed by atoms with van der Waals surface area (Å²) < 4.78 is 5.93. The molecular weight excluding hydrogens is 564 g/mol. The molecule has 0 saturated heterocycles. The average molecular weight is 639 g/mol. The normalized spacial score (nSPS) is 12.6. The Hall–Kier alpha value is -1.63. The first kappa shape index (κ1) is 43.4. The number of esters is 1. The van der Waals surface area contributed by atoms with E-state index < -0.39 is 12.0 Å². The van der Waals surface area contributed by atoms with Gasteiger partial charge in [0, 0.05) is 12.8 Å². The Bertz CT molecular complexity index is 687. The summed E-state index contributed by atoms with van der Waals surface area (Å²) in [5.74, 6) is -1.26. The second-order valence-electron chi connectivity index (χ2n) is 13.4. The third kappa shape index (κ3) is 30.8. The fraction of sp³-hybridized carbons (Fsp3) is 0.921. The van der Waals surface area contributed by atoms with Crippen molar-refractivity contribution in [3.05, 3.63) is 0 Å². The molecule has 0 spiro atoms. The molecule has 7 nitrogen and oxygen atoms in total. The van der Waals surface area contributed by atoms with Crippen molar-refractivity contribution in [3.8, 4) is 0 Å². The predicted molar refractivity (Wildman–Crippen MR) is 188 cm³/mol. The first-order valence-corrected chi connectivity index (χ1v) is 19.4. The lowest BCUT2D eigenvalue weighted by Gasteiger charge is -2.18. The standard InChI is InChI=1S/C38H74N2O5/c1-3-5-7-9-10-11-12-13-14-15-16-17-18-19-20-26-32-37(42)45-34(28-23-8-6-4-2)29-24-21-22-25-31-36(41)40-35(38(43)44)30-27-33-39/h34-35H,3-33,39H2,1-2H3,(H,40,41)(H,43,44). The Balaban J connectivity index is 3.97. The largest absolute Gasteiger partial charge is 0.480 e. The molecule has 0 fully saturated rings. The van der Waals surface area contributed by atoms with E-state index in [1.807, 2.05) is 0 Å². The number of amides is 1. The third-order valence-electron chi connectivity index (χ3n) is 8.92. The number of nitrogens with two attached hydrogens (primary N) is 1. The molecule has 0 aromatic rings. The molecule has 266 valence electrons. The number of aliphatic carboxylic acids is 1. The number of rotatable bonds is 35. The molecule has 2 unspecified atom stereocenters. The topological polar surface area (TPSA) is 119 Å². The minimum atomic E-state index is -1.01. The van der Waals surface area contributed by atoms with Crippen molar-refractivity contribution in [1.29, 1.82) is 0 Å². The quantitative estimate of drug-likeness (QED) is 0.0469. The van der Waals surface area contributed by atoms with Crippen LogP contribution in [0, 0.1) is 0 Å². The Morgan fingerprint density at radius 2 is 0.956 bits per heavy atom. The number of hydrogen-bond acceptors (Lipinski definition) is 5. The molecule has 4 N–H and O–H groups in total. The summed E-state index contributed by atoms with van der Waals surface area (Å²) in [5, 5.41) is 11.9. The van der Waals surface area contributed by atoms with Crippen LogP contribution in [-0.4, -0.2) is 41.6 Å². The zero-order chi connectivity index (χ0) is 33.2. The van der Waals surface area contributed by atoms with Crippen molar-refractivity contribution in [2.75, 3.05) is 6.54 Å². The highest BCUT2D eigenvalue weighted by Gasteiger charge is 2.19. The first-order valence-electron chi connectivity index (χ1n) is 19.4. The van der Waals surface area contributed by atoms with Gasteiger partial charge in [0.05, 0.1) is 0 Å². The summed E-state index contributed by atoms with van der Waals surface area (Å²) >= 11 is 0. The SMILES string of the molecule is CCCCCCCCCCCCCCCCCCC(=O)OC(CCCCCC)CCCCCCC(=O)NC(CCCN)C(=O)O. The number of hydrogen-bond donors (Lipinski definition) is 3. The monoisotopic (exact) mass is 639 g/mol. The lowest BCUT2D eigenvalue weighted by atomic mass is 10.0. The van der Waals surface area contributed by atoms with E-state index in [1.165, 1.54) is 109 Å². The van der Waals surface area contributed by atoms with Crippen molar-refractivity contribution in [2.24, 2.45) is 5.73 Å². The summed E-state index contributed by atoms with van der Waals surface area (Å²) in [7, 11) is 0. The highest BCUT2D eigenvalue weighted by atomic mass is 16.5. The van der Waals surface area contributed by atoms with Crippen molar-refractivity contribution in [1.82, 2.24) is 5.32 Å². The molecule has 0 aliphatic rings. The van der Waals surface area contributed by atoms with E-state index in [4.69, 9.17) is 10.5 Å². The van der Waals surface area contributed by atoms with Crippen LogP contribution < -0.4 is 11.1 Å². The van der Waals surface area contributed by atoms with Crippen LogP contribution in [0.3, 0.4) is 0 Å². The summed E-state index contributed by atoms with van der Waals surface area (Å²) in [6.07, 6.45) is 33.1. The van der Waals surface area contributed by atoms with Gasteiger partial charge >= 0.3 is 11.9 Å². The van der Waals surface area contributed by atoms with E-state index in [9.17, 15) is 19.5 Å². The number of carboxylic acid groups (broad SMARTS) is 1. The van der Waals surface area contributed by atoms with Crippen molar-refractivity contribution >= 4 is 17.8 Å². The van der Waals surface area contributed by atoms with Gasteiger partial charge in [0.15, 0.2) is 0 Å². The van der Waals surface area contributed by atoms with Gasteiger partial charge in [-0.2, -0.15) is 0 Å². The van der Waals surface area contributed by atoms with Gasteiger partial charge in [-0.1, -0.05) is 142 Å². The maximum Gasteiger partial charge on any atom is 0.326 e. The van der Waals surface area contributed by atoms with Crippen LogP contribution in [0.5, 0.6) is 0 Å². The number of carboxylic acids is 1. The van der Waals surface area contributed by atoms with Gasteiger partial charge in [-0.25, -0.2) is 4.79 Å². The maximum atomic E-state index is 12.6. The minimum Gasteiger partial charge on any atom is -0.480 e. The Morgan fingerprint density at radius 1 is 0.556 bits per heavy atom. The van der Waals surface area contributed by atoms with Crippen LogP contribution in [0.15, 0.2) is 0 Å². The van der Waals surface area contributed by atoms with Crippen LogP contribution in [-0.2, 0) is 19.1 Å². The summed E-state index contributed by atoms with van der Waals surface area (Å²) in [4.78, 5) is 36.0. The molecule has 0 rings (SSSR count). The number of carbonyl (C=O) groups is 3. The second kappa shape index (κ2) is 33.7.